The van der Waals surface area contributed by atoms with Gasteiger partial charge in [-0.2, -0.15) is 18.3 Å². The molecule has 0 aliphatic rings. The molecule has 1 heterocycles. The van der Waals surface area contributed by atoms with Gasteiger partial charge in [-0.1, -0.05) is 38.1 Å². The molecule has 0 fully saturated rings. The van der Waals surface area contributed by atoms with Crippen molar-refractivity contribution in [3.05, 3.63) is 40.0 Å². The summed E-state index contributed by atoms with van der Waals surface area (Å²) in [4.78, 5) is 0. The van der Waals surface area contributed by atoms with E-state index in [2.05, 4.69) is 34.9 Å². The minimum Gasteiger partial charge on any atom is -0.272 e. The van der Waals surface area contributed by atoms with E-state index in [1.165, 1.54) is 0 Å². The molecule has 2 rings (SSSR count). The molecule has 102 valence electrons. The normalized spacial score (nSPS) is 12.2. The number of hydrogen-bond acceptors (Lipinski definition) is 1. The quantitative estimate of drug-likeness (QED) is 0.825. The lowest BCUT2D eigenvalue weighted by Crippen LogP contribution is -2.06. The first kappa shape index (κ1) is 14.1. The van der Waals surface area contributed by atoms with Crippen molar-refractivity contribution in [1.29, 1.82) is 0 Å². The van der Waals surface area contributed by atoms with Crippen LogP contribution in [0, 0.1) is 0 Å². The summed E-state index contributed by atoms with van der Waals surface area (Å²) in [5, 5.41) is 5.76. The molecular weight excluding hydrogens is 321 g/mol. The zero-order chi connectivity index (χ0) is 14.2. The van der Waals surface area contributed by atoms with Crippen molar-refractivity contribution in [3.63, 3.8) is 0 Å². The van der Waals surface area contributed by atoms with Gasteiger partial charge in [0.25, 0.3) is 0 Å². The number of H-pyrrole nitrogens is 1. The Balaban J connectivity index is 2.40. The highest BCUT2D eigenvalue weighted by molar-refractivity contribution is 9.10. The molecule has 0 saturated heterocycles. The van der Waals surface area contributed by atoms with Gasteiger partial charge in [0.2, 0.25) is 0 Å². The van der Waals surface area contributed by atoms with Crippen LogP contribution in [0.2, 0.25) is 0 Å². The minimum atomic E-state index is -4.44. The molecule has 0 atom stereocenters. The summed E-state index contributed by atoms with van der Waals surface area (Å²) in [5.74, 6) is 0.377. The monoisotopic (exact) mass is 332 g/mol. The Morgan fingerprint density at radius 1 is 1.16 bits per heavy atom. The van der Waals surface area contributed by atoms with Gasteiger partial charge in [0, 0.05) is 5.56 Å². The van der Waals surface area contributed by atoms with E-state index in [1.807, 2.05) is 17.2 Å². The molecule has 0 aliphatic carbocycles. The van der Waals surface area contributed by atoms with Crippen molar-refractivity contribution in [1.82, 2.24) is 10.2 Å². The fraction of sp³-hybridized carbons (Fsp3) is 0.308. The molecule has 1 aromatic carbocycles. The van der Waals surface area contributed by atoms with Crippen molar-refractivity contribution in [2.45, 2.75) is 25.9 Å². The summed E-state index contributed by atoms with van der Waals surface area (Å²) in [7, 11) is 0. The highest BCUT2D eigenvalue weighted by atomic mass is 79.9. The second kappa shape index (κ2) is 5.00. The van der Waals surface area contributed by atoms with Crippen LogP contribution in [0.15, 0.2) is 28.7 Å². The summed E-state index contributed by atoms with van der Waals surface area (Å²) < 4.78 is 37.9. The summed E-state index contributed by atoms with van der Waals surface area (Å²) >= 11 is 2.96. The Kier molecular flexibility index (Phi) is 3.71. The molecule has 0 bridgehead atoms. The average molecular weight is 333 g/mol. The van der Waals surface area contributed by atoms with E-state index < -0.39 is 11.9 Å². The molecule has 0 amide bonds. The number of alkyl halides is 3. The Bertz CT molecular complexity index is 571. The van der Waals surface area contributed by atoms with Crippen LogP contribution in [0.4, 0.5) is 13.2 Å². The van der Waals surface area contributed by atoms with Crippen LogP contribution in [-0.4, -0.2) is 10.2 Å². The fourth-order valence-electron chi connectivity index (χ4n) is 1.73. The summed E-state index contributed by atoms with van der Waals surface area (Å²) in [6, 6.07) is 7.34. The average Bonchev–Trinajstić information content (AvgIpc) is 2.71. The third-order valence-corrected chi connectivity index (χ3v) is 3.61. The highest BCUT2D eigenvalue weighted by Crippen LogP contribution is 2.38. The number of hydrogen-bond donors (Lipinski definition) is 1. The molecule has 0 radical (unpaired) electrons. The summed E-state index contributed by atoms with van der Waals surface area (Å²) in [5.41, 5.74) is 1.17. The summed E-state index contributed by atoms with van der Waals surface area (Å²) in [6.45, 7) is 4.11. The molecule has 0 spiro atoms. The molecule has 1 aromatic heterocycles. The number of rotatable bonds is 2. The predicted molar refractivity (Wildman–Crippen MR) is 70.8 cm³/mol. The van der Waals surface area contributed by atoms with Gasteiger partial charge in [-0.3, -0.25) is 5.10 Å². The van der Waals surface area contributed by atoms with Crippen molar-refractivity contribution in [2.75, 3.05) is 0 Å². The van der Waals surface area contributed by atoms with E-state index in [1.54, 1.807) is 12.1 Å². The van der Waals surface area contributed by atoms with Crippen molar-refractivity contribution in [2.24, 2.45) is 0 Å². The molecule has 6 heteroatoms. The molecule has 0 saturated carbocycles. The Morgan fingerprint density at radius 3 is 2.16 bits per heavy atom. The molecule has 2 nitrogen and oxygen atoms in total. The molecule has 0 unspecified atom stereocenters. The molecule has 19 heavy (non-hydrogen) atoms. The highest BCUT2D eigenvalue weighted by Gasteiger charge is 2.36. The van der Waals surface area contributed by atoms with Gasteiger partial charge >= 0.3 is 6.18 Å². The smallest absolute Gasteiger partial charge is 0.272 e. The molecular formula is C13H12BrF3N2. The third kappa shape index (κ3) is 2.83. The number of nitrogens with zero attached hydrogens (tertiary/aromatic N) is 1. The lowest BCUT2D eigenvalue weighted by molar-refractivity contribution is -0.141. The van der Waals surface area contributed by atoms with Gasteiger partial charge in [-0.25, -0.2) is 0 Å². The van der Waals surface area contributed by atoms with E-state index in [4.69, 9.17) is 0 Å². The van der Waals surface area contributed by atoms with Crippen LogP contribution in [0.25, 0.3) is 11.3 Å². The minimum absolute atomic E-state index is 0.0581. The van der Waals surface area contributed by atoms with Crippen molar-refractivity contribution in [3.8, 4) is 11.3 Å². The van der Waals surface area contributed by atoms with E-state index in [0.717, 1.165) is 5.56 Å². The van der Waals surface area contributed by atoms with Crippen LogP contribution in [0.5, 0.6) is 0 Å². The molecule has 0 aliphatic heterocycles. The lowest BCUT2D eigenvalue weighted by Gasteiger charge is -2.06. The third-order valence-electron chi connectivity index (χ3n) is 2.84. The van der Waals surface area contributed by atoms with Crippen LogP contribution in [0.1, 0.15) is 31.0 Å². The van der Waals surface area contributed by atoms with Crippen LogP contribution < -0.4 is 0 Å². The summed E-state index contributed by atoms with van der Waals surface area (Å²) in [6.07, 6.45) is -4.44. The maximum absolute atomic E-state index is 12.6. The maximum Gasteiger partial charge on any atom is 0.433 e. The second-order valence-corrected chi connectivity index (χ2v) is 5.33. The van der Waals surface area contributed by atoms with Crippen LogP contribution >= 0.6 is 15.9 Å². The van der Waals surface area contributed by atoms with Crippen LogP contribution in [-0.2, 0) is 6.18 Å². The molecule has 1 N–H and O–H groups in total. The van der Waals surface area contributed by atoms with Gasteiger partial charge in [-0.05, 0) is 27.4 Å². The van der Waals surface area contributed by atoms with Gasteiger partial charge in [0.15, 0.2) is 5.69 Å². The lowest BCUT2D eigenvalue weighted by atomic mass is 10.0. The number of aromatic amines is 1. The number of benzene rings is 1. The zero-order valence-corrected chi connectivity index (χ0v) is 11.9. The van der Waals surface area contributed by atoms with E-state index in [0.29, 0.717) is 11.5 Å². The first-order chi connectivity index (χ1) is 8.80. The topological polar surface area (TPSA) is 28.7 Å². The Labute approximate surface area is 117 Å². The van der Waals surface area contributed by atoms with E-state index in [9.17, 15) is 13.2 Å². The number of nitrogens with one attached hydrogen (secondary N) is 1. The predicted octanol–water partition coefficient (Wildman–Crippen LogP) is 4.98. The molecule has 2 aromatic rings. The first-order valence-corrected chi connectivity index (χ1v) is 6.51. The number of aromatic nitrogens is 2. The Morgan fingerprint density at radius 2 is 1.74 bits per heavy atom. The van der Waals surface area contributed by atoms with Crippen molar-refractivity contribution < 1.29 is 13.2 Å². The number of halogens is 4. The van der Waals surface area contributed by atoms with E-state index in [-0.39, 0.29) is 10.2 Å². The van der Waals surface area contributed by atoms with Gasteiger partial charge < -0.3 is 0 Å². The fourth-order valence-corrected chi connectivity index (χ4v) is 2.36. The zero-order valence-electron chi connectivity index (χ0n) is 10.3. The van der Waals surface area contributed by atoms with Gasteiger partial charge in [0.05, 0.1) is 4.47 Å². The SMILES string of the molecule is CC(C)c1ccc(-c2n[nH]c(C(F)(F)F)c2Br)cc1. The van der Waals surface area contributed by atoms with Crippen LogP contribution in [0.3, 0.4) is 0 Å². The first-order valence-electron chi connectivity index (χ1n) is 5.72. The van der Waals surface area contributed by atoms with Crippen molar-refractivity contribution >= 4 is 15.9 Å². The van der Waals surface area contributed by atoms with Gasteiger partial charge in [0.1, 0.15) is 5.69 Å². The Hall–Kier alpha value is -1.30. The van der Waals surface area contributed by atoms with E-state index >= 15 is 0 Å². The van der Waals surface area contributed by atoms with Gasteiger partial charge in [-0.15, -0.1) is 0 Å². The largest absolute Gasteiger partial charge is 0.433 e. The standard InChI is InChI=1S/C13H12BrF3N2/c1-7(2)8-3-5-9(6-4-8)11-10(14)12(19-18-11)13(15,16)17/h3-7H,1-2H3,(H,18,19). The second-order valence-electron chi connectivity index (χ2n) is 4.54. The maximum atomic E-state index is 12.6.